The van der Waals surface area contributed by atoms with E-state index in [0.717, 1.165) is 68.9 Å². The van der Waals surface area contributed by atoms with Gasteiger partial charge in [-0.15, -0.1) is 0 Å². The number of aromatic nitrogens is 1. The van der Waals surface area contributed by atoms with Gasteiger partial charge < -0.3 is 9.47 Å². The summed E-state index contributed by atoms with van der Waals surface area (Å²) in [7, 11) is 0. The minimum Gasteiger partial charge on any atom is -0.492 e. The van der Waals surface area contributed by atoms with Crippen LogP contribution in [0.1, 0.15) is 77.2 Å². The molecule has 0 spiro atoms. The number of ether oxygens (including phenoxy) is 2. The topological polar surface area (TPSA) is 31.4 Å². The number of benzene rings is 1. The number of nitrogens with zero attached hydrogens (tertiary/aromatic N) is 1. The Balaban J connectivity index is 1.65. The second kappa shape index (κ2) is 16.5. The van der Waals surface area contributed by atoms with Crippen LogP contribution < -0.4 is 4.74 Å². The standard InChI is InChI=1S/C28H41NO2/c1-3-5-6-7-8-9-13-23-31-27-19-20-28(29-24-27)26-17-15-25(16-18-26)14-11-10-12-22-30-21-4-2/h6-7,15-20,24H,3-5,8-14,21-23H2,1-2H3/b7-6-. The highest BCUT2D eigenvalue weighted by Crippen LogP contribution is 2.21. The van der Waals surface area contributed by atoms with Crippen molar-refractivity contribution in [1.82, 2.24) is 4.98 Å². The molecule has 1 aromatic carbocycles. The minimum atomic E-state index is 0.752. The highest BCUT2D eigenvalue weighted by molar-refractivity contribution is 5.59. The van der Waals surface area contributed by atoms with Crippen molar-refractivity contribution in [3.63, 3.8) is 0 Å². The molecule has 0 radical (unpaired) electrons. The first kappa shape index (κ1) is 25.1. The van der Waals surface area contributed by atoms with Crippen LogP contribution in [0.2, 0.25) is 0 Å². The average Bonchev–Trinajstić information content (AvgIpc) is 2.81. The molecule has 0 N–H and O–H groups in total. The van der Waals surface area contributed by atoms with Crippen LogP contribution in [0.15, 0.2) is 54.7 Å². The van der Waals surface area contributed by atoms with Gasteiger partial charge in [0, 0.05) is 18.8 Å². The predicted molar refractivity (Wildman–Crippen MR) is 132 cm³/mol. The summed E-state index contributed by atoms with van der Waals surface area (Å²) in [5.74, 6) is 0.852. The Morgan fingerprint density at radius 2 is 1.55 bits per heavy atom. The lowest BCUT2D eigenvalue weighted by molar-refractivity contribution is 0.130. The van der Waals surface area contributed by atoms with Crippen LogP contribution in [-0.4, -0.2) is 24.8 Å². The lowest BCUT2D eigenvalue weighted by atomic mass is 10.0. The molecule has 0 aliphatic rings. The summed E-state index contributed by atoms with van der Waals surface area (Å²) in [6.07, 6.45) is 18.0. The molecule has 0 atom stereocenters. The van der Waals surface area contributed by atoms with Gasteiger partial charge in [-0.1, -0.05) is 63.1 Å². The number of unbranched alkanes of at least 4 members (excludes halogenated alkanes) is 5. The zero-order valence-corrected chi connectivity index (χ0v) is 19.7. The Morgan fingerprint density at radius 3 is 2.29 bits per heavy atom. The molecule has 170 valence electrons. The van der Waals surface area contributed by atoms with Crippen LogP contribution in [0.25, 0.3) is 11.3 Å². The molecule has 0 unspecified atom stereocenters. The van der Waals surface area contributed by atoms with Gasteiger partial charge in [0.25, 0.3) is 0 Å². The second-order valence-corrected chi connectivity index (χ2v) is 8.10. The normalized spacial score (nSPS) is 11.3. The van der Waals surface area contributed by atoms with Gasteiger partial charge in [0.2, 0.25) is 0 Å². The van der Waals surface area contributed by atoms with E-state index < -0.39 is 0 Å². The van der Waals surface area contributed by atoms with E-state index in [-0.39, 0.29) is 0 Å². The smallest absolute Gasteiger partial charge is 0.137 e. The van der Waals surface area contributed by atoms with Gasteiger partial charge >= 0.3 is 0 Å². The highest BCUT2D eigenvalue weighted by atomic mass is 16.5. The van der Waals surface area contributed by atoms with Crippen molar-refractivity contribution >= 4 is 0 Å². The Hall–Kier alpha value is -2.13. The molecule has 2 aromatic rings. The monoisotopic (exact) mass is 423 g/mol. The van der Waals surface area contributed by atoms with Crippen LogP contribution in [0, 0.1) is 0 Å². The lowest BCUT2D eigenvalue weighted by Crippen LogP contribution is -1.97. The fourth-order valence-corrected chi connectivity index (χ4v) is 3.39. The molecule has 0 bridgehead atoms. The van der Waals surface area contributed by atoms with E-state index in [1.165, 1.54) is 37.7 Å². The molecular formula is C28H41NO2. The zero-order valence-electron chi connectivity index (χ0n) is 19.7. The number of allylic oxidation sites excluding steroid dienone is 2. The fourth-order valence-electron chi connectivity index (χ4n) is 3.39. The summed E-state index contributed by atoms with van der Waals surface area (Å²) in [4.78, 5) is 4.59. The van der Waals surface area contributed by atoms with Crippen molar-refractivity contribution < 1.29 is 9.47 Å². The summed E-state index contributed by atoms with van der Waals surface area (Å²) in [5, 5.41) is 0. The summed E-state index contributed by atoms with van der Waals surface area (Å²) < 4.78 is 11.4. The van der Waals surface area contributed by atoms with Gasteiger partial charge in [0.15, 0.2) is 0 Å². The molecule has 3 nitrogen and oxygen atoms in total. The Bertz CT molecular complexity index is 707. The molecule has 0 aliphatic heterocycles. The number of pyridine rings is 1. The number of hydrogen-bond acceptors (Lipinski definition) is 3. The molecule has 0 fully saturated rings. The van der Waals surface area contributed by atoms with E-state index >= 15 is 0 Å². The Labute approximate surface area is 189 Å². The van der Waals surface area contributed by atoms with Crippen molar-refractivity contribution in [1.29, 1.82) is 0 Å². The van der Waals surface area contributed by atoms with Crippen molar-refractivity contribution in [3.05, 3.63) is 60.3 Å². The quantitative estimate of drug-likeness (QED) is 0.192. The third-order valence-corrected chi connectivity index (χ3v) is 5.24. The van der Waals surface area contributed by atoms with Crippen molar-refractivity contribution in [2.75, 3.05) is 19.8 Å². The molecule has 0 saturated heterocycles. The maximum absolute atomic E-state index is 5.83. The van der Waals surface area contributed by atoms with E-state index in [1.807, 2.05) is 18.3 Å². The SMILES string of the molecule is CCC/C=C\CCCCOc1ccc(-c2ccc(CCCCCOCCC)cc2)nc1. The molecule has 31 heavy (non-hydrogen) atoms. The van der Waals surface area contributed by atoms with E-state index in [0.29, 0.717) is 0 Å². The van der Waals surface area contributed by atoms with Gasteiger partial charge in [-0.2, -0.15) is 0 Å². The number of rotatable bonds is 17. The maximum atomic E-state index is 5.83. The molecule has 0 aliphatic carbocycles. The van der Waals surface area contributed by atoms with Crippen LogP contribution in [0.5, 0.6) is 5.75 Å². The third kappa shape index (κ3) is 11.2. The first-order chi connectivity index (χ1) is 15.3. The number of aryl methyl sites for hydroxylation is 1. The third-order valence-electron chi connectivity index (χ3n) is 5.24. The largest absolute Gasteiger partial charge is 0.492 e. The molecule has 0 amide bonds. The summed E-state index contributed by atoms with van der Waals surface area (Å²) in [5.41, 5.74) is 3.54. The van der Waals surface area contributed by atoms with E-state index in [4.69, 9.17) is 9.47 Å². The first-order valence-electron chi connectivity index (χ1n) is 12.2. The van der Waals surface area contributed by atoms with Gasteiger partial charge in [0.05, 0.1) is 18.5 Å². The van der Waals surface area contributed by atoms with Gasteiger partial charge in [-0.25, -0.2) is 0 Å². The van der Waals surface area contributed by atoms with Crippen molar-refractivity contribution in [3.8, 4) is 17.0 Å². The second-order valence-electron chi connectivity index (χ2n) is 8.10. The van der Waals surface area contributed by atoms with Crippen LogP contribution in [0.3, 0.4) is 0 Å². The van der Waals surface area contributed by atoms with Crippen LogP contribution in [-0.2, 0) is 11.2 Å². The van der Waals surface area contributed by atoms with Crippen LogP contribution in [0.4, 0.5) is 0 Å². The Kier molecular flexibility index (Phi) is 13.4. The molecule has 2 rings (SSSR count). The zero-order chi connectivity index (χ0) is 22.0. The average molecular weight is 424 g/mol. The van der Waals surface area contributed by atoms with Gasteiger partial charge in [0.1, 0.15) is 5.75 Å². The van der Waals surface area contributed by atoms with E-state index in [9.17, 15) is 0 Å². The highest BCUT2D eigenvalue weighted by Gasteiger charge is 2.02. The summed E-state index contributed by atoms with van der Waals surface area (Å²) in [6.45, 7) is 6.90. The van der Waals surface area contributed by atoms with Crippen LogP contribution >= 0.6 is 0 Å². The van der Waals surface area contributed by atoms with Gasteiger partial charge in [-0.3, -0.25) is 4.98 Å². The number of hydrogen-bond donors (Lipinski definition) is 0. The van der Waals surface area contributed by atoms with E-state index in [1.54, 1.807) is 0 Å². The first-order valence-corrected chi connectivity index (χ1v) is 12.2. The van der Waals surface area contributed by atoms with Crippen molar-refractivity contribution in [2.24, 2.45) is 0 Å². The maximum Gasteiger partial charge on any atom is 0.137 e. The molecule has 0 saturated carbocycles. The lowest BCUT2D eigenvalue weighted by Gasteiger charge is -2.07. The minimum absolute atomic E-state index is 0.752. The summed E-state index contributed by atoms with van der Waals surface area (Å²) >= 11 is 0. The molecule has 3 heteroatoms. The molecular weight excluding hydrogens is 382 g/mol. The molecule has 1 aromatic heterocycles. The van der Waals surface area contributed by atoms with E-state index in [2.05, 4.69) is 55.2 Å². The Morgan fingerprint density at radius 1 is 0.742 bits per heavy atom. The fraction of sp³-hybridized carbons (Fsp3) is 0.536. The van der Waals surface area contributed by atoms with Crippen molar-refractivity contribution in [2.45, 2.75) is 78.1 Å². The predicted octanol–water partition coefficient (Wildman–Crippen LogP) is 7.79. The molecule has 1 heterocycles. The summed E-state index contributed by atoms with van der Waals surface area (Å²) in [6, 6.07) is 12.9. The van der Waals surface area contributed by atoms with Gasteiger partial charge in [-0.05, 0) is 69.1 Å².